The molecule has 3 heterocycles. The van der Waals surface area contributed by atoms with E-state index in [4.69, 9.17) is 0 Å². The first kappa shape index (κ1) is 22.8. The van der Waals surface area contributed by atoms with Gasteiger partial charge in [-0.3, -0.25) is 14.5 Å². The van der Waals surface area contributed by atoms with Gasteiger partial charge in [0.2, 0.25) is 11.8 Å². The molecule has 1 N–H and O–H groups in total. The lowest BCUT2D eigenvalue weighted by atomic mass is 10.1. The maximum Gasteiger partial charge on any atom is 0.252 e. The first-order valence-corrected chi connectivity index (χ1v) is 11.4. The van der Waals surface area contributed by atoms with Crippen LogP contribution in [-0.2, 0) is 16.0 Å². The highest BCUT2D eigenvalue weighted by Gasteiger charge is 2.23. The molecule has 0 unspecified atom stereocenters. The average Bonchev–Trinajstić information content (AvgIpc) is 3.25. The Kier molecular flexibility index (Phi) is 6.69. The lowest BCUT2D eigenvalue weighted by molar-refractivity contribution is -0.133. The lowest BCUT2D eigenvalue weighted by Gasteiger charge is -2.34. The van der Waals surface area contributed by atoms with Gasteiger partial charge in [0.25, 0.3) is 5.78 Å². The van der Waals surface area contributed by atoms with E-state index in [0.29, 0.717) is 51.3 Å². The number of carbonyl (C=O) groups is 2. The number of hydrogen-bond acceptors (Lipinski definition) is 6. The maximum absolute atomic E-state index is 12.8. The number of rotatable bonds is 6. The number of aryl methyl sites for hydroxylation is 4. The number of anilines is 1. The standard InChI is InChI=1S/C24H31N7O2/c1-16-6-5-7-17(2)23(16)28-21(32)14-29-10-12-30(13-11-29)22(33)9-8-20-18(3)27-24-25-15-26-31(24)19(20)4/h5-7,15H,8-14H2,1-4H3,(H,28,32). The Hall–Kier alpha value is -3.33. The normalized spacial score (nSPS) is 14.6. The predicted molar refractivity (Wildman–Crippen MR) is 126 cm³/mol. The molecule has 9 heteroatoms. The number of para-hydroxylation sites is 1. The highest BCUT2D eigenvalue weighted by atomic mass is 16.2. The summed E-state index contributed by atoms with van der Waals surface area (Å²) in [5.41, 5.74) is 5.91. The summed E-state index contributed by atoms with van der Waals surface area (Å²) in [4.78, 5) is 38.0. The molecule has 0 spiro atoms. The minimum absolute atomic E-state index is 0.0193. The molecule has 2 aromatic heterocycles. The zero-order chi connectivity index (χ0) is 23.5. The number of fused-ring (bicyclic) bond motifs is 1. The number of nitrogens with one attached hydrogen (secondary N) is 1. The number of amides is 2. The number of piperazine rings is 1. The van der Waals surface area contributed by atoms with E-state index in [0.717, 1.165) is 33.8 Å². The van der Waals surface area contributed by atoms with Gasteiger partial charge in [-0.05, 0) is 50.8 Å². The smallest absolute Gasteiger partial charge is 0.252 e. The Morgan fingerprint density at radius 2 is 1.73 bits per heavy atom. The molecule has 9 nitrogen and oxygen atoms in total. The Labute approximate surface area is 193 Å². The van der Waals surface area contributed by atoms with Crippen LogP contribution in [0.4, 0.5) is 5.69 Å². The van der Waals surface area contributed by atoms with Gasteiger partial charge in [0.15, 0.2) is 0 Å². The van der Waals surface area contributed by atoms with Crippen molar-refractivity contribution in [3.63, 3.8) is 0 Å². The van der Waals surface area contributed by atoms with Crippen LogP contribution in [0.1, 0.15) is 34.5 Å². The second kappa shape index (κ2) is 9.66. The Balaban J connectivity index is 1.27. The molecule has 1 aliphatic rings. The van der Waals surface area contributed by atoms with Crippen LogP contribution in [0, 0.1) is 27.7 Å². The summed E-state index contributed by atoms with van der Waals surface area (Å²) >= 11 is 0. The molecule has 1 aliphatic heterocycles. The minimum atomic E-state index is -0.0193. The van der Waals surface area contributed by atoms with Crippen molar-refractivity contribution >= 4 is 23.3 Å². The number of hydrogen-bond donors (Lipinski definition) is 1. The Bertz CT molecular complexity index is 1160. The van der Waals surface area contributed by atoms with Gasteiger partial charge in [-0.15, -0.1) is 0 Å². The Morgan fingerprint density at radius 3 is 2.42 bits per heavy atom. The molecule has 1 saturated heterocycles. The molecule has 0 radical (unpaired) electrons. The summed E-state index contributed by atoms with van der Waals surface area (Å²) in [6.45, 7) is 10.9. The van der Waals surface area contributed by atoms with Gasteiger partial charge in [0, 0.05) is 49.7 Å². The molecule has 0 atom stereocenters. The number of benzene rings is 1. The Morgan fingerprint density at radius 1 is 1.03 bits per heavy atom. The van der Waals surface area contributed by atoms with Crippen molar-refractivity contribution in [2.24, 2.45) is 0 Å². The second-order valence-corrected chi connectivity index (χ2v) is 8.70. The summed E-state index contributed by atoms with van der Waals surface area (Å²) < 4.78 is 1.72. The van der Waals surface area contributed by atoms with Gasteiger partial charge in [-0.2, -0.15) is 10.1 Å². The molecular formula is C24H31N7O2. The van der Waals surface area contributed by atoms with Gasteiger partial charge in [0.1, 0.15) is 6.33 Å². The van der Waals surface area contributed by atoms with Gasteiger partial charge >= 0.3 is 0 Å². The highest BCUT2D eigenvalue weighted by molar-refractivity contribution is 5.93. The monoisotopic (exact) mass is 449 g/mol. The summed E-state index contributed by atoms with van der Waals surface area (Å²) in [5.74, 6) is 0.694. The van der Waals surface area contributed by atoms with Crippen molar-refractivity contribution in [2.75, 3.05) is 38.0 Å². The van der Waals surface area contributed by atoms with E-state index < -0.39 is 0 Å². The quantitative estimate of drug-likeness (QED) is 0.619. The van der Waals surface area contributed by atoms with Crippen molar-refractivity contribution < 1.29 is 9.59 Å². The molecule has 174 valence electrons. The summed E-state index contributed by atoms with van der Waals surface area (Å²) in [5, 5.41) is 7.26. The molecule has 0 bridgehead atoms. The molecule has 3 aromatic rings. The van der Waals surface area contributed by atoms with E-state index >= 15 is 0 Å². The van der Waals surface area contributed by atoms with Crippen LogP contribution in [0.3, 0.4) is 0 Å². The van der Waals surface area contributed by atoms with E-state index in [9.17, 15) is 9.59 Å². The first-order chi connectivity index (χ1) is 15.8. The lowest BCUT2D eigenvalue weighted by Crippen LogP contribution is -2.50. The van der Waals surface area contributed by atoms with Crippen LogP contribution in [0.5, 0.6) is 0 Å². The summed E-state index contributed by atoms with van der Waals surface area (Å²) in [6, 6.07) is 5.98. The third-order valence-corrected chi connectivity index (χ3v) is 6.42. The largest absolute Gasteiger partial charge is 0.340 e. The molecule has 4 rings (SSSR count). The van der Waals surface area contributed by atoms with Crippen molar-refractivity contribution in [1.29, 1.82) is 0 Å². The van der Waals surface area contributed by atoms with Gasteiger partial charge in [-0.25, -0.2) is 9.50 Å². The first-order valence-electron chi connectivity index (χ1n) is 11.4. The molecule has 0 saturated carbocycles. The topological polar surface area (TPSA) is 95.7 Å². The van der Waals surface area contributed by atoms with E-state index in [1.54, 1.807) is 4.52 Å². The third kappa shape index (κ3) is 5.03. The van der Waals surface area contributed by atoms with E-state index in [1.165, 1.54) is 6.33 Å². The van der Waals surface area contributed by atoms with Crippen molar-refractivity contribution in [3.8, 4) is 0 Å². The molecule has 33 heavy (non-hydrogen) atoms. The number of carbonyl (C=O) groups excluding carboxylic acids is 2. The van der Waals surface area contributed by atoms with Gasteiger partial charge in [0.05, 0.1) is 6.54 Å². The molecule has 1 fully saturated rings. The average molecular weight is 450 g/mol. The fourth-order valence-electron chi connectivity index (χ4n) is 4.46. The van der Waals surface area contributed by atoms with Crippen molar-refractivity contribution in [3.05, 3.63) is 52.6 Å². The number of aromatic nitrogens is 4. The van der Waals surface area contributed by atoms with Gasteiger partial charge in [-0.1, -0.05) is 18.2 Å². The SMILES string of the molecule is Cc1cccc(C)c1NC(=O)CN1CCN(C(=O)CCc2c(C)nc3ncnn3c2C)CC1. The zero-order valence-electron chi connectivity index (χ0n) is 19.8. The third-order valence-electron chi connectivity index (χ3n) is 6.42. The molecule has 2 amide bonds. The minimum Gasteiger partial charge on any atom is -0.340 e. The maximum atomic E-state index is 12.8. The van der Waals surface area contributed by atoms with Crippen LogP contribution in [-0.4, -0.2) is 73.9 Å². The van der Waals surface area contributed by atoms with Crippen LogP contribution in [0.25, 0.3) is 5.78 Å². The molecular weight excluding hydrogens is 418 g/mol. The predicted octanol–water partition coefficient (Wildman–Crippen LogP) is 2.07. The van der Waals surface area contributed by atoms with Gasteiger partial charge < -0.3 is 10.2 Å². The van der Waals surface area contributed by atoms with Crippen LogP contribution in [0.2, 0.25) is 0 Å². The van der Waals surface area contributed by atoms with Crippen LogP contribution in [0.15, 0.2) is 24.5 Å². The molecule has 0 aliphatic carbocycles. The summed E-state index contributed by atoms with van der Waals surface area (Å²) in [7, 11) is 0. The van der Waals surface area contributed by atoms with Crippen LogP contribution >= 0.6 is 0 Å². The van der Waals surface area contributed by atoms with Crippen molar-refractivity contribution in [1.82, 2.24) is 29.4 Å². The number of nitrogens with zero attached hydrogens (tertiary/aromatic N) is 6. The summed E-state index contributed by atoms with van der Waals surface area (Å²) in [6.07, 6.45) is 2.54. The van der Waals surface area contributed by atoms with Crippen molar-refractivity contribution in [2.45, 2.75) is 40.5 Å². The van der Waals surface area contributed by atoms with E-state index in [2.05, 4.69) is 25.3 Å². The van der Waals surface area contributed by atoms with Crippen LogP contribution < -0.4 is 5.32 Å². The van der Waals surface area contributed by atoms with E-state index in [1.807, 2.05) is 50.8 Å². The highest BCUT2D eigenvalue weighted by Crippen LogP contribution is 2.19. The zero-order valence-corrected chi connectivity index (χ0v) is 19.8. The molecule has 1 aromatic carbocycles. The fraction of sp³-hybridized carbons (Fsp3) is 0.458. The fourth-order valence-corrected chi connectivity index (χ4v) is 4.46. The second-order valence-electron chi connectivity index (χ2n) is 8.70. The van der Waals surface area contributed by atoms with E-state index in [-0.39, 0.29) is 11.8 Å².